The fourth-order valence-corrected chi connectivity index (χ4v) is 1.83. The Morgan fingerprint density at radius 2 is 1.91 bits per heavy atom. The summed E-state index contributed by atoms with van der Waals surface area (Å²) in [7, 11) is 0. The summed E-state index contributed by atoms with van der Waals surface area (Å²) >= 11 is 0. The van der Waals surface area contributed by atoms with Crippen molar-refractivity contribution in [3.63, 3.8) is 0 Å². The summed E-state index contributed by atoms with van der Waals surface area (Å²) in [6.45, 7) is 2.65. The Balaban J connectivity index is 1.82. The van der Waals surface area contributed by atoms with Gasteiger partial charge in [0.25, 0.3) is 5.91 Å². The van der Waals surface area contributed by atoms with Crippen molar-refractivity contribution in [2.45, 2.75) is 13.3 Å². The fourth-order valence-electron chi connectivity index (χ4n) is 1.83. The van der Waals surface area contributed by atoms with Gasteiger partial charge in [0.2, 0.25) is 0 Å². The molecule has 124 valence electrons. The second-order valence-electron chi connectivity index (χ2n) is 4.74. The Morgan fingerprint density at radius 3 is 2.65 bits per heavy atom. The zero-order valence-corrected chi connectivity index (χ0v) is 12.7. The number of carbonyl (C=O) groups excluding carboxylic acids is 3. The summed E-state index contributed by atoms with van der Waals surface area (Å²) in [5.41, 5.74) is 0.234. The molecule has 8 nitrogen and oxygen atoms in total. The van der Waals surface area contributed by atoms with E-state index in [1.807, 2.05) is 6.92 Å². The summed E-state index contributed by atoms with van der Waals surface area (Å²) < 4.78 is 15.6. The molecule has 1 aliphatic heterocycles. The van der Waals surface area contributed by atoms with E-state index in [0.29, 0.717) is 31.3 Å². The van der Waals surface area contributed by atoms with E-state index in [-0.39, 0.29) is 5.56 Å². The first-order chi connectivity index (χ1) is 11.1. The maximum absolute atomic E-state index is 11.9. The van der Waals surface area contributed by atoms with Gasteiger partial charge in [0.1, 0.15) is 13.2 Å². The molecule has 0 aliphatic carbocycles. The monoisotopic (exact) mass is 322 g/mol. The first kappa shape index (κ1) is 16.6. The number of fused-ring (bicyclic) bond motifs is 1. The van der Waals surface area contributed by atoms with Gasteiger partial charge in [-0.3, -0.25) is 10.1 Å². The van der Waals surface area contributed by atoms with Gasteiger partial charge in [0, 0.05) is 6.54 Å². The molecule has 0 fully saturated rings. The molecule has 0 spiro atoms. The third-order valence-corrected chi connectivity index (χ3v) is 2.90. The third-order valence-electron chi connectivity index (χ3n) is 2.90. The molecule has 1 aromatic rings. The van der Waals surface area contributed by atoms with Crippen molar-refractivity contribution >= 4 is 17.9 Å². The van der Waals surface area contributed by atoms with Crippen LogP contribution >= 0.6 is 0 Å². The summed E-state index contributed by atoms with van der Waals surface area (Å²) in [6.07, 6.45) is 0.751. The van der Waals surface area contributed by atoms with E-state index in [1.54, 1.807) is 6.07 Å². The Hall–Kier alpha value is -2.77. The van der Waals surface area contributed by atoms with Gasteiger partial charge >= 0.3 is 12.0 Å². The lowest BCUT2D eigenvalue weighted by Gasteiger charge is -2.18. The number of hydrogen-bond acceptors (Lipinski definition) is 6. The number of carbonyl (C=O) groups is 3. The average Bonchev–Trinajstić information content (AvgIpc) is 2.57. The van der Waals surface area contributed by atoms with Crippen molar-refractivity contribution in [2.75, 3.05) is 26.4 Å². The molecular formula is C15H18N2O6. The number of nitrogens with one attached hydrogen (secondary N) is 2. The summed E-state index contributed by atoms with van der Waals surface area (Å²) in [4.78, 5) is 34.7. The van der Waals surface area contributed by atoms with Crippen LogP contribution in [0.4, 0.5) is 4.79 Å². The molecule has 0 aromatic heterocycles. The zero-order chi connectivity index (χ0) is 16.7. The molecule has 0 radical (unpaired) electrons. The quantitative estimate of drug-likeness (QED) is 0.779. The van der Waals surface area contributed by atoms with Crippen LogP contribution in [-0.4, -0.2) is 44.3 Å². The number of ether oxygens (including phenoxy) is 3. The van der Waals surface area contributed by atoms with E-state index in [1.165, 1.54) is 12.1 Å². The lowest BCUT2D eigenvalue weighted by atomic mass is 10.2. The molecule has 0 saturated heterocycles. The molecule has 2 N–H and O–H groups in total. The molecule has 2 rings (SSSR count). The van der Waals surface area contributed by atoms with E-state index in [9.17, 15) is 14.4 Å². The highest BCUT2D eigenvalue weighted by Crippen LogP contribution is 2.30. The minimum Gasteiger partial charge on any atom is -0.486 e. The largest absolute Gasteiger partial charge is 0.486 e. The third kappa shape index (κ3) is 4.87. The van der Waals surface area contributed by atoms with Crippen molar-refractivity contribution in [3.05, 3.63) is 23.8 Å². The average molecular weight is 322 g/mol. The van der Waals surface area contributed by atoms with E-state index in [4.69, 9.17) is 14.2 Å². The summed E-state index contributed by atoms with van der Waals surface area (Å²) in [5.74, 6) is -0.386. The fraction of sp³-hybridized carbons (Fsp3) is 0.400. The molecule has 8 heteroatoms. The van der Waals surface area contributed by atoms with Crippen LogP contribution in [0.5, 0.6) is 11.5 Å². The molecule has 1 heterocycles. The van der Waals surface area contributed by atoms with Gasteiger partial charge in [-0.25, -0.2) is 9.59 Å². The Morgan fingerprint density at radius 1 is 1.17 bits per heavy atom. The standard InChI is InChI=1S/C15H18N2O6/c1-2-5-16-15(20)17-13(18)9-23-14(19)10-3-4-11-12(8-10)22-7-6-21-11/h3-4,8H,2,5-7,9H2,1H3,(H2,16,17,18,20). The highest BCUT2D eigenvalue weighted by atomic mass is 16.6. The van der Waals surface area contributed by atoms with E-state index < -0.39 is 24.5 Å². The van der Waals surface area contributed by atoms with Gasteiger partial charge in [-0.05, 0) is 24.6 Å². The highest BCUT2D eigenvalue weighted by Gasteiger charge is 2.17. The zero-order valence-electron chi connectivity index (χ0n) is 12.7. The van der Waals surface area contributed by atoms with Crippen molar-refractivity contribution in [3.8, 4) is 11.5 Å². The lowest BCUT2D eigenvalue weighted by molar-refractivity contribution is -0.123. The maximum Gasteiger partial charge on any atom is 0.338 e. The smallest absolute Gasteiger partial charge is 0.338 e. The molecule has 0 atom stereocenters. The van der Waals surface area contributed by atoms with Crippen LogP contribution < -0.4 is 20.1 Å². The van der Waals surface area contributed by atoms with Crippen molar-refractivity contribution in [1.82, 2.24) is 10.6 Å². The minimum atomic E-state index is -0.704. The van der Waals surface area contributed by atoms with Gasteiger partial charge < -0.3 is 19.5 Å². The van der Waals surface area contributed by atoms with Crippen LogP contribution in [0.1, 0.15) is 23.7 Å². The molecule has 0 bridgehead atoms. The minimum absolute atomic E-state index is 0.234. The predicted octanol–water partition coefficient (Wildman–Crippen LogP) is 0.850. The lowest BCUT2D eigenvalue weighted by Crippen LogP contribution is -2.41. The number of imide groups is 1. The second-order valence-corrected chi connectivity index (χ2v) is 4.74. The number of benzene rings is 1. The van der Waals surface area contributed by atoms with Gasteiger partial charge in [0.15, 0.2) is 18.1 Å². The van der Waals surface area contributed by atoms with Crippen LogP contribution in [0.25, 0.3) is 0 Å². The van der Waals surface area contributed by atoms with Crippen LogP contribution in [0.2, 0.25) is 0 Å². The Bertz CT molecular complexity index is 602. The number of urea groups is 1. The topological polar surface area (TPSA) is 103 Å². The van der Waals surface area contributed by atoms with Crippen LogP contribution in [-0.2, 0) is 9.53 Å². The molecule has 1 aliphatic rings. The normalized spacial score (nSPS) is 12.2. The maximum atomic E-state index is 11.9. The summed E-state index contributed by atoms with van der Waals surface area (Å²) in [5, 5.41) is 4.54. The van der Waals surface area contributed by atoms with E-state index in [2.05, 4.69) is 10.6 Å². The van der Waals surface area contributed by atoms with Gasteiger partial charge in [-0.1, -0.05) is 6.92 Å². The van der Waals surface area contributed by atoms with Crippen LogP contribution in [0, 0.1) is 0 Å². The van der Waals surface area contributed by atoms with Gasteiger partial charge in [-0.2, -0.15) is 0 Å². The van der Waals surface area contributed by atoms with E-state index in [0.717, 1.165) is 6.42 Å². The van der Waals surface area contributed by atoms with Gasteiger partial charge in [-0.15, -0.1) is 0 Å². The molecule has 0 saturated carbocycles. The van der Waals surface area contributed by atoms with Crippen molar-refractivity contribution in [1.29, 1.82) is 0 Å². The molecule has 0 unspecified atom stereocenters. The van der Waals surface area contributed by atoms with Crippen molar-refractivity contribution in [2.24, 2.45) is 0 Å². The Labute approximate surface area is 133 Å². The molecule has 3 amide bonds. The Kier molecular flexibility index (Phi) is 5.79. The number of esters is 1. The highest BCUT2D eigenvalue weighted by molar-refractivity contribution is 5.97. The first-order valence-electron chi connectivity index (χ1n) is 7.24. The van der Waals surface area contributed by atoms with Crippen molar-refractivity contribution < 1.29 is 28.6 Å². The number of amides is 3. The predicted molar refractivity (Wildman–Crippen MR) is 79.5 cm³/mol. The van der Waals surface area contributed by atoms with Gasteiger partial charge in [0.05, 0.1) is 5.56 Å². The number of hydrogen-bond donors (Lipinski definition) is 2. The second kappa shape index (κ2) is 8.02. The summed E-state index contributed by atoms with van der Waals surface area (Å²) in [6, 6.07) is 3.99. The van der Waals surface area contributed by atoms with E-state index >= 15 is 0 Å². The molecule has 1 aromatic carbocycles. The molecular weight excluding hydrogens is 304 g/mol. The van der Waals surface area contributed by atoms with Crippen LogP contribution in [0.3, 0.4) is 0 Å². The number of rotatable bonds is 5. The first-order valence-corrected chi connectivity index (χ1v) is 7.24. The molecule has 23 heavy (non-hydrogen) atoms. The SMILES string of the molecule is CCCNC(=O)NC(=O)COC(=O)c1ccc2c(c1)OCCO2. The van der Waals surface area contributed by atoms with Crippen LogP contribution in [0.15, 0.2) is 18.2 Å².